The number of fused-ring (bicyclic) bond motifs is 1. The summed E-state index contributed by atoms with van der Waals surface area (Å²) in [4.78, 5) is 31.5. The summed E-state index contributed by atoms with van der Waals surface area (Å²) in [5.41, 5.74) is -3.54. The van der Waals surface area contributed by atoms with E-state index in [-0.39, 0.29) is 17.1 Å². The Labute approximate surface area is 185 Å². The van der Waals surface area contributed by atoms with Crippen molar-refractivity contribution in [3.05, 3.63) is 40.8 Å². The van der Waals surface area contributed by atoms with Crippen LogP contribution in [0, 0.1) is 0 Å². The summed E-state index contributed by atoms with van der Waals surface area (Å²) >= 11 is 0. The van der Waals surface area contributed by atoms with Crippen molar-refractivity contribution in [3.8, 4) is 5.82 Å². The van der Waals surface area contributed by atoms with Gasteiger partial charge in [0, 0.05) is 6.20 Å². The van der Waals surface area contributed by atoms with Crippen LogP contribution >= 0.6 is 0 Å². The van der Waals surface area contributed by atoms with Gasteiger partial charge >= 0.3 is 18.0 Å². The molecule has 178 valence electrons. The van der Waals surface area contributed by atoms with Crippen molar-refractivity contribution in [2.24, 2.45) is 0 Å². The Bertz CT molecular complexity index is 1390. The Balaban J connectivity index is 2.15. The molecular formula is C18H19F3N6O5S. The summed E-state index contributed by atoms with van der Waals surface area (Å²) in [6, 6.07) is 1.06. The van der Waals surface area contributed by atoms with Crippen molar-refractivity contribution in [1.82, 2.24) is 24.1 Å². The minimum atomic E-state index is -4.81. The summed E-state index contributed by atoms with van der Waals surface area (Å²) in [5.74, 6) is -0.840. The molecule has 0 aliphatic heterocycles. The number of rotatable bonds is 4. The van der Waals surface area contributed by atoms with Gasteiger partial charge < -0.3 is 4.74 Å². The van der Waals surface area contributed by atoms with Crippen LogP contribution in [0.4, 0.5) is 23.7 Å². The predicted octanol–water partition coefficient (Wildman–Crippen LogP) is 2.43. The summed E-state index contributed by atoms with van der Waals surface area (Å²) in [5, 5.41) is 6.19. The van der Waals surface area contributed by atoms with Crippen LogP contribution in [-0.4, -0.2) is 50.0 Å². The van der Waals surface area contributed by atoms with Crippen LogP contribution in [-0.2, 0) is 20.8 Å². The van der Waals surface area contributed by atoms with Gasteiger partial charge in [0.15, 0.2) is 27.0 Å². The minimum absolute atomic E-state index is 0.0436. The third-order valence-corrected chi connectivity index (χ3v) is 5.82. The predicted molar refractivity (Wildman–Crippen MR) is 109 cm³/mol. The molecule has 33 heavy (non-hydrogen) atoms. The van der Waals surface area contributed by atoms with Crippen LogP contribution in [0.25, 0.3) is 11.5 Å². The van der Waals surface area contributed by atoms with Crippen LogP contribution in [0.5, 0.6) is 0 Å². The fourth-order valence-electron chi connectivity index (χ4n) is 2.64. The summed E-state index contributed by atoms with van der Waals surface area (Å²) in [7, 11) is -4.02. The van der Waals surface area contributed by atoms with Crippen LogP contribution in [0.1, 0.15) is 33.4 Å². The number of alkyl halides is 3. The van der Waals surface area contributed by atoms with E-state index in [1.165, 1.54) is 6.92 Å². The van der Waals surface area contributed by atoms with Crippen LogP contribution in [0.2, 0.25) is 0 Å². The molecule has 0 bridgehead atoms. The zero-order valence-electron chi connectivity index (χ0n) is 17.8. The second-order valence-corrected chi connectivity index (χ2v) is 10.0. The number of sulfone groups is 1. The second-order valence-electron chi connectivity index (χ2n) is 7.77. The molecule has 0 aliphatic rings. The van der Waals surface area contributed by atoms with E-state index in [2.05, 4.69) is 20.4 Å². The molecule has 0 fully saturated rings. The number of nitrogens with one attached hydrogen (secondary N) is 1. The summed E-state index contributed by atoms with van der Waals surface area (Å²) < 4.78 is 70.5. The van der Waals surface area contributed by atoms with Crippen LogP contribution in [0.3, 0.4) is 0 Å². The van der Waals surface area contributed by atoms with Gasteiger partial charge in [-0.25, -0.2) is 32.4 Å². The van der Waals surface area contributed by atoms with Crippen LogP contribution < -0.4 is 11.0 Å². The third kappa shape index (κ3) is 5.13. The Morgan fingerprint density at radius 2 is 1.85 bits per heavy atom. The first-order chi connectivity index (χ1) is 15.1. The molecule has 11 nitrogen and oxygen atoms in total. The number of halogens is 3. The van der Waals surface area contributed by atoms with Crippen molar-refractivity contribution in [1.29, 1.82) is 0 Å². The molecule has 3 rings (SSSR count). The number of pyridine rings is 1. The molecule has 1 N–H and O–H groups in total. The Morgan fingerprint density at radius 1 is 1.18 bits per heavy atom. The molecule has 0 spiro atoms. The van der Waals surface area contributed by atoms with E-state index < -0.39 is 49.8 Å². The third-order valence-electron chi connectivity index (χ3n) is 4.09. The molecule has 0 atom stereocenters. The summed E-state index contributed by atoms with van der Waals surface area (Å²) in [6.07, 6.45) is -3.43. The highest BCUT2D eigenvalue weighted by atomic mass is 32.2. The molecule has 0 unspecified atom stereocenters. The molecule has 1 amide bonds. The smallest absolute Gasteiger partial charge is 0.434 e. The molecule has 0 radical (unpaired) electrons. The number of ether oxygens (including phenoxy) is 1. The van der Waals surface area contributed by atoms with Crippen molar-refractivity contribution >= 4 is 27.3 Å². The van der Waals surface area contributed by atoms with Gasteiger partial charge in [-0.15, -0.1) is 5.10 Å². The maximum Gasteiger partial charge on any atom is 0.434 e. The number of amides is 1. The molecule has 3 heterocycles. The van der Waals surface area contributed by atoms with Crippen molar-refractivity contribution in [3.63, 3.8) is 0 Å². The first-order valence-corrected chi connectivity index (χ1v) is 11.1. The van der Waals surface area contributed by atoms with Gasteiger partial charge in [-0.1, -0.05) is 6.92 Å². The first kappa shape index (κ1) is 24.2. The average Bonchev–Trinajstić information content (AvgIpc) is 3.02. The van der Waals surface area contributed by atoms with E-state index >= 15 is 0 Å². The van der Waals surface area contributed by atoms with Gasteiger partial charge in [0.1, 0.15) is 10.5 Å². The van der Waals surface area contributed by atoms with Gasteiger partial charge in [-0.3, -0.25) is 5.32 Å². The number of aromatic nitrogens is 5. The Kier molecular flexibility index (Phi) is 5.95. The summed E-state index contributed by atoms with van der Waals surface area (Å²) in [6.45, 7) is 6.25. The van der Waals surface area contributed by atoms with Crippen molar-refractivity contribution in [2.75, 3.05) is 11.1 Å². The highest BCUT2D eigenvalue weighted by molar-refractivity contribution is 7.91. The largest absolute Gasteiger partial charge is 0.444 e. The lowest BCUT2D eigenvalue weighted by atomic mass is 10.2. The normalized spacial score (nSPS) is 12.7. The lowest BCUT2D eigenvalue weighted by molar-refractivity contribution is -0.141. The zero-order chi connectivity index (χ0) is 24.8. The van der Waals surface area contributed by atoms with E-state index in [1.54, 1.807) is 20.8 Å². The number of hydrogen-bond acceptors (Lipinski definition) is 8. The lowest BCUT2D eigenvalue weighted by Gasteiger charge is -2.19. The average molecular weight is 488 g/mol. The standard InChI is InChI=1S/C18H19F3N6O5S/c1-5-33(30,31)11-6-10(24-15(28)32-17(2,3)4)7-23-14(11)27-16(29)26-9-12(18(19,20)21)22-8-13(26)25-27/h6-9H,5H2,1-4H3,(H,24,28). The quantitative estimate of drug-likeness (QED) is 0.591. The molecule has 3 aromatic rings. The van der Waals surface area contributed by atoms with Crippen LogP contribution in [0.15, 0.2) is 34.3 Å². The number of nitrogens with zero attached hydrogens (tertiary/aromatic N) is 5. The first-order valence-electron chi connectivity index (χ1n) is 9.40. The van der Waals surface area contributed by atoms with Crippen molar-refractivity contribution < 1.29 is 31.1 Å². The van der Waals surface area contributed by atoms with E-state index in [4.69, 9.17) is 4.74 Å². The highest BCUT2D eigenvalue weighted by Crippen LogP contribution is 2.27. The zero-order valence-corrected chi connectivity index (χ0v) is 18.7. The maximum atomic E-state index is 13.0. The topological polar surface area (TPSA) is 138 Å². The van der Waals surface area contributed by atoms with Gasteiger partial charge in [0.25, 0.3) is 0 Å². The SMILES string of the molecule is CCS(=O)(=O)c1cc(NC(=O)OC(C)(C)C)cnc1-n1nc2cnc(C(F)(F)F)cn2c1=O. The fourth-order valence-corrected chi connectivity index (χ4v) is 3.68. The van der Waals surface area contributed by atoms with E-state index in [0.717, 1.165) is 18.5 Å². The molecule has 3 aromatic heterocycles. The maximum absolute atomic E-state index is 13.0. The molecule has 0 aromatic carbocycles. The van der Waals surface area contributed by atoms with Crippen molar-refractivity contribution in [2.45, 2.75) is 44.4 Å². The molecular weight excluding hydrogens is 469 g/mol. The number of anilines is 1. The lowest BCUT2D eigenvalue weighted by Crippen LogP contribution is -2.27. The van der Waals surface area contributed by atoms with E-state index in [9.17, 15) is 31.2 Å². The molecule has 0 aliphatic carbocycles. The number of hydrogen-bond donors (Lipinski definition) is 1. The Morgan fingerprint density at radius 3 is 2.42 bits per heavy atom. The van der Waals surface area contributed by atoms with Gasteiger partial charge in [-0.2, -0.15) is 17.9 Å². The van der Waals surface area contributed by atoms with Gasteiger partial charge in [-0.05, 0) is 26.8 Å². The molecule has 15 heteroatoms. The molecule has 0 saturated heterocycles. The second kappa shape index (κ2) is 8.13. The monoisotopic (exact) mass is 488 g/mol. The minimum Gasteiger partial charge on any atom is -0.444 e. The fraction of sp³-hybridized carbons (Fsp3) is 0.389. The number of carbonyl (C=O) groups excluding carboxylic acids is 1. The van der Waals surface area contributed by atoms with E-state index in [1.807, 2.05) is 0 Å². The highest BCUT2D eigenvalue weighted by Gasteiger charge is 2.33. The molecule has 0 saturated carbocycles. The van der Waals surface area contributed by atoms with Gasteiger partial charge in [0.2, 0.25) is 0 Å². The number of carbonyl (C=O) groups is 1. The van der Waals surface area contributed by atoms with E-state index in [0.29, 0.717) is 15.3 Å². The van der Waals surface area contributed by atoms with Gasteiger partial charge in [0.05, 0.1) is 23.8 Å². The Hall–Kier alpha value is -3.49.